The van der Waals surface area contributed by atoms with Gasteiger partial charge in [-0.15, -0.1) is 0 Å². The summed E-state index contributed by atoms with van der Waals surface area (Å²) < 4.78 is 79.8. The predicted molar refractivity (Wildman–Crippen MR) is 249 cm³/mol. The number of rotatable bonds is 19. The number of morpholine rings is 1. The number of carbonyl (C=O) groups excluding carboxylic acids is 4. The maximum Gasteiger partial charge on any atom is 0.275 e. The Morgan fingerprint density at radius 1 is 0.957 bits per heavy atom. The molecule has 0 bridgehead atoms. The molecule has 6 N–H and O–H groups in total. The van der Waals surface area contributed by atoms with E-state index >= 15 is 0 Å². The van der Waals surface area contributed by atoms with Gasteiger partial charge in [-0.1, -0.05) is 0 Å². The molecule has 2 fully saturated rings. The number of nitrogens with zero attached hydrogens (tertiary/aromatic N) is 6. The number of fused-ring (bicyclic) bond motifs is 3. The summed E-state index contributed by atoms with van der Waals surface area (Å²) in [7, 11) is -2.60. The standard InChI is InChI=1S/C46H58F2N10O10S/c1-46(2)28-67-16-14-57(46)45(62)42-36-27-68-39-23-38(66-3)34(22-35(39)43(36)58(54-42)33-20-30(47)19-31(48)21-33)29-18-32(25-50-24-29)52-40(59)7-9-51-44(61)37(6-4-5-8-49)53-41(60)26-56-12-10-55(11-13-56)15-17-69(63,64)65/h18-25,37H,4-17,26-28,49H2,1-3H3,(H,51,61)(H,52,59)(H,53,60)(H,63,64,65)/t37-/m1/s1. The van der Waals surface area contributed by atoms with Crippen LogP contribution in [0.5, 0.6) is 11.5 Å². The van der Waals surface area contributed by atoms with Gasteiger partial charge >= 0.3 is 0 Å². The number of aromatic nitrogens is 3. The monoisotopic (exact) mass is 980 g/mol. The molecule has 2 saturated heterocycles. The molecular weight excluding hydrogens is 923 g/mol. The minimum atomic E-state index is -4.07. The van der Waals surface area contributed by atoms with Crippen molar-refractivity contribution in [1.29, 1.82) is 0 Å². The van der Waals surface area contributed by atoms with Crippen LogP contribution in [-0.2, 0) is 35.8 Å². The van der Waals surface area contributed by atoms with Crippen molar-refractivity contribution in [3.63, 3.8) is 0 Å². The highest BCUT2D eigenvalue weighted by atomic mass is 32.2. The number of piperazine rings is 1. The maximum atomic E-state index is 14.8. The molecule has 4 aromatic rings. The van der Waals surface area contributed by atoms with E-state index in [1.54, 1.807) is 29.3 Å². The third kappa shape index (κ3) is 12.8. The highest BCUT2D eigenvalue weighted by molar-refractivity contribution is 7.85. The first-order chi connectivity index (χ1) is 32.9. The number of nitrogens with two attached hydrogens (primary N) is 1. The van der Waals surface area contributed by atoms with Crippen LogP contribution in [0.15, 0.2) is 48.8 Å². The molecule has 2 aromatic heterocycles. The summed E-state index contributed by atoms with van der Waals surface area (Å²) in [5.41, 5.74) is 7.70. The lowest BCUT2D eigenvalue weighted by molar-refractivity contribution is -0.130. The topological polar surface area (TPSA) is 253 Å². The molecule has 2 aromatic carbocycles. The van der Waals surface area contributed by atoms with Crippen LogP contribution in [0.2, 0.25) is 0 Å². The number of hydrogen-bond acceptors (Lipinski definition) is 14. The third-order valence-corrected chi connectivity index (χ3v) is 12.9. The van der Waals surface area contributed by atoms with Crippen molar-refractivity contribution < 1.29 is 55.1 Å². The quantitative estimate of drug-likeness (QED) is 0.0669. The summed E-state index contributed by atoms with van der Waals surface area (Å²) in [4.78, 5) is 63.7. The third-order valence-electron chi connectivity index (χ3n) is 12.2. The summed E-state index contributed by atoms with van der Waals surface area (Å²) in [6.07, 6.45) is 4.46. The summed E-state index contributed by atoms with van der Waals surface area (Å²) in [5, 5.41) is 13.1. The molecule has 0 radical (unpaired) electrons. The van der Waals surface area contributed by atoms with Gasteiger partial charge in [0, 0.05) is 92.8 Å². The van der Waals surface area contributed by atoms with Crippen LogP contribution >= 0.6 is 0 Å². The lowest BCUT2D eigenvalue weighted by atomic mass is 9.95. The number of anilines is 1. The van der Waals surface area contributed by atoms with Crippen LogP contribution in [-0.4, -0.2) is 163 Å². The highest BCUT2D eigenvalue weighted by Crippen LogP contribution is 2.46. The Morgan fingerprint density at radius 3 is 2.39 bits per heavy atom. The zero-order chi connectivity index (χ0) is 49.5. The fourth-order valence-corrected chi connectivity index (χ4v) is 9.07. The fraction of sp³-hybridized carbons (Fsp3) is 0.478. The van der Waals surface area contributed by atoms with Crippen molar-refractivity contribution in [2.24, 2.45) is 5.73 Å². The summed E-state index contributed by atoms with van der Waals surface area (Å²) >= 11 is 0. The number of carbonyl (C=O) groups is 4. The molecule has 1 atom stereocenters. The molecule has 0 spiro atoms. The van der Waals surface area contributed by atoms with E-state index in [0.29, 0.717) is 117 Å². The number of amides is 4. The van der Waals surface area contributed by atoms with E-state index in [4.69, 9.17) is 29.6 Å². The van der Waals surface area contributed by atoms with E-state index < -0.39 is 51.1 Å². The summed E-state index contributed by atoms with van der Waals surface area (Å²) in [6, 6.07) is 7.20. The van der Waals surface area contributed by atoms with Crippen LogP contribution < -0.4 is 31.2 Å². The molecule has 7 rings (SSSR count). The second kappa shape index (κ2) is 22.1. The largest absolute Gasteiger partial charge is 0.496 e. The van der Waals surface area contributed by atoms with Gasteiger partial charge in [0.15, 0.2) is 5.69 Å². The van der Waals surface area contributed by atoms with Crippen LogP contribution in [0.25, 0.3) is 28.1 Å². The first kappa shape index (κ1) is 50.8. The number of ether oxygens (including phenoxy) is 3. The first-order valence-corrected chi connectivity index (χ1v) is 24.3. The van der Waals surface area contributed by atoms with Crippen LogP contribution in [0.1, 0.15) is 55.6 Å². The van der Waals surface area contributed by atoms with Gasteiger partial charge in [-0.3, -0.25) is 38.5 Å². The van der Waals surface area contributed by atoms with Crippen molar-refractivity contribution in [3.05, 3.63) is 71.7 Å². The Kier molecular flexibility index (Phi) is 16.3. The fourth-order valence-electron chi connectivity index (χ4n) is 8.58. The number of halogens is 2. The van der Waals surface area contributed by atoms with Crippen LogP contribution in [0.3, 0.4) is 0 Å². The van der Waals surface area contributed by atoms with E-state index in [0.717, 1.165) is 18.2 Å². The zero-order valence-corrected chi connectivity index (χ0v) is 39.6. The lowest BCUT2D eigenvalue weighted by Gasteiger charge is -2.41. The molecule has 5 heterocycles. The van der Waals surface area contributed by atoms with E-state index in [-0.39, 0.29) is 55.7 Å². The highest BCUT2D eigenvalue weighted by Gasteiger charge is 2.39. The van der Waals surface area contributed by atoms with Crippen molar-refractivity contribution in [3.8, 4) is 39.6 Å². The Hall–Kier alpha value is -6.11. The maximum absolute atomic E-state index is 14.8. The lowest BCUT2D eigenvalue weighted by Crippen LogP contribution is -2.55. The molecule has 3 aliphatic heterocycles. The zero-order valence-electron chi connectivity index (χ0n) is 38.8. The van der Waals surface area contributed by atoms with Gasteiger partial charge in [0.05, 0.1) is 61.4 Å². The second-order valence-corrected chi connectivity index (χ2v) is 19.3. The molecular formula is C46H58F2N10O10S. The number of methoxy groups -OCH3 is 1. The van der Waals surface area contributed by atoms with E-state index in [2.05, 4.69) is 20.9 Å². The average Bonchev–Trinajstić information content (AvgIpc) is 3.70. The van der Waals surface area contributed by atoms with Gasteiger partial charge in [0.2, 0.25) is 17.7 Å². The summed E-state index contributed by atoms with van der Waals surface area (Å²) in [6.45, 7) is 7.25. The molecule has 0 aliphatic carbocycles. The molecule has 20 nitrogen and oxygen atoms in total. The predicted octanol–water partition coefficient (Wildman–Crippen LogP) is 2.60. The minimum absolute atomic E-state index is 0.0330. The Morgan fingerprint density at radius 2 is 1.70 bits per heavy atom. The van der Waals surface area contributed by atoms with Crippen molar-refractivity contribution in [2.75, 3.05) is 90.3 Å². The second-order valence-electron chi connectivity index (χ2n) is 17.7. The van der Waals surface area contributed by atoms with Crippen molar-refractivity contribution in [1.82, 2.24) is 40.1 Å². The van der Waals surface area contributed by atoms with Crippen LogP contribution in [0.4, 0.5) is 14.5 Å². The first-order valence-electron chi connectivity index (χ1n) is 22.7. The van der Waals surface area contributed by atoms with Gasteiger partial charge < -0.3 is 40.8 Å². The van der Waals surface area contributed by atoms with Crippen molar-refractivity contribution >= 4 is 39.4 Å². The van der Waals surface area contributed by atoms with E-state index in [1.807, 2.05) is 23.6 Å². The SMILES string of the molecule is COc1cc2c(cc1-c1cncc(NC(=O)CCNC(=O)[C@@H](CCCCN)NC(=O)CN3CCN(CCS(=O)(=O)O)CC3)c1)-c1c(c(C(=O)N3CCOCC3(C)C)nn1-c1cc(F)cc(F)c1)CO2. The number of hydrogen-bond donors (Lipinski definition) is 5. The normalized spacial score (nSPS) is 16.4. The molecule has 23 heteroatoms. The number of unbranched alkanes of at least 4 members (excludes halogenated alkanes) is 1. The molecule has 0 unspecified atom stereocenters. The van der Waals surface area contributed by atoms with Gasteiger partial charge in [-0.05, 0) is 63.9 Å². The number of benzene rings is 2. The van der Waals surface area contributed by atoms with Crippen LogP contribution in [0, 0.1) is 11.6 Å². The Bertz CT molecular complexity index is 2640. The van der Waals surface area contributed by atoms with Gasteiger partial charge in [0.25, 0.3) is 16.0 Å². The van der Waals surface area contributed by atoms with Gasteiger partial charge in [-0.2, -0.15) is 13.5 Å². The van der Waals surface area contributed by atoms with E-state index in [1.165, 1.54) is 18.0 Å². The molecule has 372 valence electrons. The van der Waals surface area contributed by atoms with Gasteiger partial charge in [-0.25, -0.2) is 13.5 Å². The smallest absolute Gasteiger partial charge is 0.275 e. The number of nitrogens with one attached hydrogen (secondary N) is 3. The number of pyridine rings is 1. The molecule has 4 amide bonds. The Labute approximate surface area is 398 Å². The minimum Gasteiger partial charge on any atom is -0.496 e. The molecule has 0 saturated carbocycles. The summed E-state index contributed by atoms with van der Waals surface area (Å²) in [5.74, 6) is -2.94. The van der Waals surface area contributed by atoms with Crippen molar-refractivity contribution in [2.45, 2.75) is 57.7 Å². The molecule has 69 heavy (non-hydrogen) atoms. The average molecular weight is 981 g/mol. The van der Waals surface area contributed by atoms with E-state index in [9.17, 15) is 36.4 Å². The van der Waals surface area contributed by atoms with Gasteiger partial charge in [0.1, 0.15) is 35.8 Å². The Balaban J connectivity index is 1.04. The molecule has 3 aliphatic rings.